The SMILES string of the molecule is COCCN(CCC#N)C(=O)Cc1ccc(Cl)c(Cl)c1. The maximum absolute atomic E-state index is 12.2. The minimum Gasteiger partial charge on any atom is -0.383 e. The van der Waals surface area contributed by atoms with Crippen molar-refractivity contribution >= 4 is 29.1 Å². The van der Waals surface area contributed by atoms with Gasteiger partial charge in [-0.3, -0.25) is 4.79 Å². The van der Waals surface area contributed by atoms with Gasteiger partial charge in [-0.1, -0.05) is 29.3 Å². The molecule has 0 N–H and O–H groups in total. The predicted octanol–water partition coefficient (Wildman–Crippen LogP) is 2.92. The van der Waals surface area contributed by atoms with E-state index in [9.17, 15) is 4.79 Å². The van der Waals surface area contributed by atoms with Gasteiger partial charge >= 0.3 is 0 Å². The summed E-state index contributed by atoms with van der Waals surface area (Å²) < 4.78 is 4.97. The number of carbonyl (C=O) groups excluding carboxylic acids is 1. The van der Waals surface area contributed by atoms with Gasteiger partial charge in [-0.05, 0) is 17.7 Å². The summed E-state index contributed by atoms with van der Waals surface area (Å²) in [5.41, 5.74) is 0.795. The summed E-state index contributed by atoms with van der Waals surface area (Å²) in [6.45, 7) is 1.32. The van der Waals surface area contributed by atoms with Crippen LogP contribution in [0.2, 0.25) is 10.0 Å². The summed E-state index contributed by atoms with van der Waals surface area (Å²) in [7, 11) is 1.58. The fourth-order valence-electron chi connectivity index (χ4n) is 1.68. The Morgan fingerprint density at radius 1 is 1.35 bits per heavy atom. The lowest BCUT2D eigenvalue weighted by Crippen LogP contribution is -2.35. The highest BCUT2D eigenvalue weighted by Crippen LogP contribution is 2.23. The number of carbonyl (C=O) groups is 1. The van der Waals surface area contributed by atoms with Gasteiger partial charge in [-0.25, -0.2) is 0 Å². The third-order valence-corrected chi connectivity index (χ3v) is 3.49. The number of rotatable bonds is 7. The monoisotopic (exact) mass is 314 g/mol. The number of hydrogen-bond acceptors (Lipinski definition) is 3. The maximum Gasteiger partial charge on any atom is 0.227 e. The second kappa shape index (κ2) is 8.80. The first kappa shape index (κ1) is 16.8. The maximum atomic E-state index is 12.2. The molecule has 6 heteroatoms. The van der Waals surface area contributed by atoms with E-state index in [1.807, 2.05) is 6.07 Å². The molecule has 108 valence electrons. The third-order valence-electron chi connectivity index (χ3n) is 2.75. The van der Waals surface area contributed by atoms with Crippen LogP contribution in [0.3, 0.4) is 0 Å². The van der Waals surface area contributed by atoms with E-state index in [1.54, 1.807) is 30.2 Å². The molecule has 1 rings (SSSR count). The first-order valence-electron chi connectivity index (χ1n) is 6.16. The normalized spacial score (nSPS) is 10.1. The number of ether oxygens (including phenoxy) is 1. The standard InChI is InChI=1S/C14H16Cl2N2O2/c1-20-8-7-18(6-2-5-17)14(19)10-11-3-4-12(15)13(16)9-11/h3-4,9H,2,6-8,10H2,1H3. The van der Waals surface area contributed by atoms with Gasteiger partial charge in [-0.15, -0.1) is 0 Å². The number of halogens is 2. The largest absolute Gasteiger partial charge is 0.383 e. The summed E-state index contributed by atoms with van der Waals surface area (Å²) >= 11 is 11.8. The first-order chi connectivity index (χ1) is 9.58. The zero-order valence-electron chi connectivity index (χ0n) is 11.2. The minimum atomic E-state index is -0.0595. The highest BCUT2D eigenvalue weighted by Gasteiger charge is 2.14. The number of nitrogens with zero attached hydrogens (tertiary/aromatic N) is 2. The Labute approximate surface area is 128 Å². The Hall–Kier alpha value is -1.28. The number of hydrogen-bond donors (Lipinski definition) is 0. The van der Waals surface area contributed by atoms with Crippen molar-refractivity contribution in [2.45, 2.75) is 12.8 Å². The number of methoxy groups -OCH3 is 1. The Bertz CT molecular complexity index is 500. The number of benzene rings is 1. The Balaban J connectivity index is 2.68. The van der Waals surface area contributed by atoms with Crippen molar-refractivity contribution in [2.24, 2.45) is 0 Å². The van der Waals surface area contributed by atoms with Gasteiger partial charge in [0.2, 0.25) is 5.91 Å². The molecule has 0 fully saturated rings. The molecule has 0 aliphatic rings. The van der Waals surface area contributed by atoms with Gasteiger partial charge in [0, 0.05) is 20.2 Å². The second-order valence-corrected chi connectivity index (χ2v) is 5.02. The Morgan fingerprint density at radius 2 is 2.10 bits per heavy atom. The van der Waals surface area contributed by atoms with Crippen LogP contribution in [0.4, 0.5) is 0 Å². The smallest absolute Gasteiger partial charge is 0.227 e. The van der Waals surface area contributed by atoms with E-state index >= 15 is 0 Å². The molecule has 0 aromatic heterocycles. The topological polar surface area (TPSA) is 53.3 Å². The van der Waals surface area contributed by atoms with Crippen molar-refractivity contribution < 1.29 is 9.53 Å². The van der Waals surface area contributed by atoms with Gasteiger partial charge in [0.25, 0.3) is 0 Å². The molecule has 1 aromatic carbocycles. The average Bonchev–Trinajstić information content (AvgIpc) is 2.43. The summed E-state index contributed by atoms with van der Waals surface area (Å²) in [5, 5.41) is 9.52. The van der Waals surface area contributed by atoms with Crippen LogP contribution >= 0.6 is 23.2 Å². The van der Waals surface area contributed by atoms with Crippen LogP contribution in [0.5, 0.6) is 0 Å². The second-order valence-electron chi connectivity index (χ2n) is 4.21. The number of nitriles is 1. The fraction of sp³-hybridized carbons (Fsp3) is 0.429. The number of amides is 1. The third kappa shape index (κ3) is 5.38. The van der Waals surface area contributed by atoms with Crippen molar-refractivity contribution in [2.75, 3.05) is 26.8 Å². The van der Waals surface area contributed by atoms with Crippen LogP contribution in [0.15, 0.2) is 18.2 Å². The van der Waals surface area contributed by atoms with E-state index in [1.165, 1.54) is 0 Å². The van der Waals surface area contributed by atoms with E-state index < -0.39 is 0 Å². The fourth-order valence-corrected chi connectivity index (χ4v) is 2.00. The van der Waals surface area contributed by atoms with Gasteiger partial charge in [0.05, 0.1) is 35.6 Å². The molecule has 0 aliphatic carbocycles. The summed E-state index contributed by atoms with van der Waals surface area (Å²) in [5.74, 6) is -0.0595. The lowest BCUT2D eigenvalue weighted by atomic mass is 10.1. The van der Waals surface area contributed by atoms with E-state index in [0.29, 0.717) is 36.2 Å². The van der Waals surface area contributed by atoms with Gasteiger partial charge in [0.1, 0.15) is 0 Å². The molecule has 0 heterocycles. The molecule has 0 aliphatic heterocycles. The minimum absolute atomic E-state index is 0.0595. The summed E-state index contributed by atoms with van der Waals surface area (Å²) in [6.07, 6.45) is 0.531. The van der Waals surface area contributed by atoms with Gasteiger partial charge in [0.15, 0.2) is 0 Å². The zero-order valence-corrected chi connectivity index (χ0v) is 12.7. The first-order valence-corrected chi connectivity index (χ1v) is 6.91. The molecule has 0 atom stereocenters. The molecule has 0 unspecified atom stereocenters. The van der Waals surface area contributed by atoms with Crippen molar-refractivity contribution in [3.8, 4) is 6.07 Å². The average molecular weight is 315 g/mol. The zero-order chi connectivity index (χ0) is 15.0. The van der Waals surface area contributed by atoms with Gasteiger partial charge in [-0.2, -0.15) is 5.26 Å². The Morgan fingerprint density at radius 3 is 2.70 bits per heavy atom. The van der Waals surface area contributed by atoms with Crippen LogP contribution in [0.25, 0.3) is 0 Å². The van der Waals surface area contributed by atoms with Crippen molar-refractivity contribution in [3.05, 3.63) is 33.8 Å². The van der Waals surface area contributed by atoms with Gasteiger partial charge < -0.3 is 9.64 Å². The molecular formula is C14H16Cl2N2O2. The van der Waals surface area contributed by atoms with Crippen LogP contribution < -0.4 is 0 Å². The van der Waals surface area contributed by atoms with E-state index in [4.69, 9.17) is 33.2 Å². The Kier molecular flexibility index (Phi) is 7.38. The molecule has 20 heavy (non-hydrogen) atoms. The lowest BCUT2D eigenvalue weighted by molar-refractivity contribution is -0.131. The highest BCUT2D eigenvalue weighted by molar-refractivity contribution is 6.42. The van der Waals surface area contributed by atoms with Crippen molar-refractivity contribution in [1.29, 1.82) is 5.26 Å². The molecule has 1 aromatic rings. The molecule has 4 nitrogen and oxygen atoms in total. The summed E-state index contributed by atoms with van der Waals surface area (Å²) in [6, 6.07) is 7.15. The molecule has 0 saturated carbocycles. The van der Waals surface area contributed by atoms with Crippen LogP contribution in [0.1, 0.15) is 12.0 Å². The van der Waals surface area contributed by atoms with Crippen LogP contribution in [-0.4, -0.2) is 37.6 Å². The summed E-state index contributed by atoms with van der Waals surface area (Å²) in [4.78, 5) is 13.8. The molecular weight excluding hydrogens is 299 g/mol. The van der Waals surface area contributed by atoms with Crippen LogP contribution in [0, 0.1) is 11.3 Å². The quantitative estimate of drug-likeness (QED) is 0.777. The van der Waals surface area contributed by atoms with E-state index in [-0.39, 0.29) is 12.3 Å². The van der Waals surface area contributed by atoms with E-state index in [2.05, 4.69) is 0 Å². The lowest BCUT2D eigenvalue weighted by Gasteiger charge is -2.21. The highest BCUT2D eigenvalue weighted by atomic mass is 35.5. The van der Waals surface area contributed by atoms with Crippen molar-refractivity contribution in [3.63, 3.8) is 0 Å². The van der Waals surface area contributed by atoms with Crippen LogP contribution in [-0.2, 0) is 16.0 Å². The molecule has 0 radical (unpaired) electrons. The predicted molar refractivity (Wildman–Crippen MR) is 78.9 cm³/mol. The molecule has 0 saturated heterocycles. The molecule has 0 bridgehead atoms. The molecule has 1 amide bonds. The van der Waals surface area contributed by atoms with E-state index in [0.717, 1.165) is 5.56 Å². The van der Waals surface area contributed by atoms with Crippen molar-refractivity contribution in [1.82, 2.24) is 4.90 Å². The molecule has 0 spiro atoms.